The first-order valence-corrected chi connectivity index (χ1v) is 20.8. The average molecular weight is 701 g/mol. The van der Waals surface area contributed by atoms with Crippen LogP contribution in [-0.4, -0.2) is 74.0 Å². The zero-order valence-corrected chi connectivity index (χ0v) is 32.3. The van der Waals surface area contributed by atoms with Crippen LogP contribution in [0.25, 0.3) is 0 Å². The smallest absolute Gasteiger partial charge is 0.159 e. The van der Waals surface area contributed by atoms with Crippen molar-refractivity contribution in [1.29, 1.82) is 0 Å². The number of allylic oxidation sites excluding steroid dienone is 1. The molecule has 8 heteroatoms. The SMILES string of the molecule is CCCCCC[C@]12CC[C@H](O)C[C@H]1C(=O)C=C1[C@@H]2CC[C@@]2(C)[C@@H]([C@](O)(CCC)[C@@H]3O[C@@H]3[C@](C)(O)C(C)(C)CCC3CCNC(N)C3)CC[C@@]12O. The molecule has 286 valence electrons. The number of piperidine rings is 1. The van der Waals surface area contributed by atoms with Crippen molar-refractivity contribution in [2.75, 3.05) is 6.54 Å². The highest BCUT2D eigenvalue weighted by Crippen LogP contribution is 2.70. The molecule has 0 radical (unpaired) electrons. The Balaban J connectivity index is 1.24. The summed E-state index contributed by atoms with van der Waals surface area (Å²) in [4.78, 5) is 14.1. The van der Waals surface area contributed by atoms with Crippen molar-refractivity contribution in [3.8, 4) is 0 Å². The fourth-order valence-electron chi connectivity index (χ4n) is 12.6. The zero-order chi connectivity index (χ0) is 36.3. The van der Waals surface area contributed by atoms with Crippen molar-refractivity contribution in [1.82, 2.24) is 5.32 Å². The van der Waals surface area contributed by atoms with E-state index in [1.165, 1.54) is 6.42 Å². The number of carbonyl (C=O) groups excluding carboxylic acids is 1. The summed E-state index contributed by atoms with van der Waals surface area (Å²) in [6, 6.07) is 0. The highest BCUT2D eigenvalue weighted by atomic mass is 16.6. The summed E-state index contributed by atoms with van der Waals surface area (Å²) in [5, 5.41) is 52.2. The minimum Gasteiger partial charge on any atom is -0.393 e. The molecule has 2 unspecified atom stereocenters. The van der Waals surface area contributed by atoms with E-state index in [1.54, 1.807) is 6.08 Å². The van der Waals surface area contributed by atoms with Crippen LogP contribution in [-0.2, 0) is 9.53 Å². The summed E-state index contributed by atoms with van der Waals surface area (Å²) in [5.41, 5.74) is 2.29. The second kappa shape index (κ2) is 14.1. The Hall–Kier alpha value is -0.870. The number of ketones is 1. The van der Waals surface area contributed by atoms with Gasteiger partial charge in [0.15, 0.2) is 5.78 Å². The summed E-state index contributed by atoms with van der Waals surface area (Å²) in [6.45, 7) is 13.6. The van der Waals surface area contributed by atoms with Gasteiger partial charge in [0.2, 0.25) is 0 Å². The molecule has 0 aromatic carbocycles. The van der Waals surface area contributed by atoms with Gasteiger partial charge in [-0.05, 0) is 137 Å². The largest absolute Gasteiger partial charge is 0.393 e. The van der Waals surface area contributed by atoms with Crippen LogP contribution in [0.15, 0.2) is 11.6 Å². The normalized spacial score (nSPS) is 44.0. The molecule has 6 aliphatic rings. The Kier molecular flexibility index (Phi) is 10.9. The minimum atomic E-state index is -1.21. The van der Waals surface area contributed by atoms with Crippen LogP contribution >= 0.6 is 0 Å². The van der Waals surface area contributed by atoms with E-state index >= 15 is 0 Å². The number of fused-ring (bicyclic) bond motifs is 5. The van der Waals surface area contributed by atoms with E-state index in [1.807, 2.05) is 6.92 Å². The van der Waals surface area contributed by atoms with E-state index in [-0.39, 0.29) is 35.1 Å². The van der Waals surface area contributed by atoms with Crippen molar-refractivity contribution < 1.29 is 30.0 Å². The summed E-state index contributed by atoms with van der Waals surface area (Å²) >= 11 is 0. The van der Waals surface area contributed by atoms with Gasteiger partial charge in [-0.2, -0.15) is 0 Å². The van der Waals surface area contributed by atoms with Gasteiger partial charge in [0, 0.05) is 11.3 Å². The third-order valence-electron chi connectivity index (χ3n) is 16.2. The molecule has 13 atom stereocenters. The number of carbonyl (C=O) groups is 1. The number of aliphatic hydroxyl groups excluding tert-OH is 1. The number of rotatable bonds is 14. The van der Waals surface area contributed by atoms with Gasteiger partial charge in [0.05, 0.1) is 29.1 Å². The van der Waals surface area contributed by atoms with E-state index in [9.17, 15) is 25.2 Å². The van der Waals surface area contributed by atoms with Gasteiger partial charge in [0.1, 0.15) is 12.2 Å². The van der Waals surface area contributed by atoms with Gasteiger partial charge in [-0.3, -0.25) is 4.79 Å². The molecule has 7 N–H and O–H groups in total. The molecule has 6 rings (SSSR count). The Morgan fingerprint density at radius 3 is 2.40 bits per heavy atom. The number of hydrogen-bond donors (Lipinski definition) is 6. The predicted octanol–water partition coefficient (Wildman–Crippen LogP) is 6.31. The number of unbranched alkanes of at least 4 members (excludes halogenated alkanes) is 3. The van der Waals surface area contributed by atoms with E-state index in [0.29, 0.717) is 31.6 Å². The molecule has 0 bridgehead atoms. The minimum absolute atomic E-state index is 0.0369. The zero-order valence-electron chi connectivity index (χ0n) is 32.3. The summed E-state index contributed by atoms with van der Waals surface area (Å²) < 4.78 is 6.45. The monoisotopic (exact) mass is 701 g/mol. The van der Waals surface area contributed by atoms with Crippen LogP contribution in [0.4, 0.5) is 0 Å². The number of epoxide rings is 1. The lowest BCUT2D eigenvalue weighted by atomic mass is 9.44. The van der Waals surface area contributed by atoms with Gasteiger partial charge in [-0.1, -0.05) is 66.7 Å². The molecule has 2 heterocycles. The number of hydrogen-bond acceptors (Lipinski definition) is 8. The molecule has 5 fully saturated rings. The van der Waals surface area contributed by atoms with Crippen molar-refractivity contribution in [2.45, 2.75) is 198 Å². The van der Waals surface area contributed by atoms with Gasteiger partial charge < -0.3 is 36.2 Å². The molecule has 0 aromatic heterocycles. The number of aliphatic hydroxyl groups is 4. The fourth-order valence-corrected chi connectivity index (χ4v) is 12.6. The number of nitrogens with one attached hydrogen (secondary N) is 1. The van der Waals surface area contributed by atoms with Crippen molar-refractivity contribution in [2.24, 2.45) is 45.7 Å². The van der Waals surface area contributed by atoms with Crippen LogP contribution in [0.1, 0.15) is 157 Å². The molecule has 8 nitrogen and oxygen atoms in total. The predicted molar refractivity (Wildman–Crippen MR) is 197 cm³/mol. The van der Waals surface area contributed by atoms with Crippen LogP contribution in [0.2, 0.25) is 0 Å². The average Bonchev–Trinajstić information content (AvgIpc) is 3.83. The van der Waals surface area contributed by atoms with Gasteiger partial charge >= 0.3 is 0 Å². The second-order valence-corrected chi connectivity index (χ2v) is 19.2. The molecule has 2 saturated heterocycles. The lowest BCUT2D eigenvalue weighted by molar-refractivity contribution is -0.160. The van der Waals surface area contributed by atoms with Crippen molar-refractivity contribution >= 4 is 5.78 Å². The van der Waals surface area contributed by atoms with Gasteiger partial charge in [-0.15, -0.1) is 0 Å². The Bertz CT molecular complexity index is 1270. The molecular weight excluding hydrogens is 628 g/mol. The Morgan fingerprint density at radius 2 is 1.70 bits per heavy atom. The molecule has 0 spiro atoms. The molecule has 3 saturated carbocycles. The van der Waals surface area contributed by atoms with Gasteiger partial charge in [-0.25, -0.2) is 0 Å². The summed E-state index contributed by atoms with van der Waals surface area (Å²) in [6.07, 6.45) is 16.1. The summed E-state index contributed by atoms with van der Waals surface area (Å²) in [7, 11) is 0. The van der Waals surface area contributed by atoms with E-state index in [2.05, 4.69) is 39.9 Å². The topological polar surface area (TPSA) is 149 Å². The maximum absolute atomic E-state index is 14.1. The third-order valence-corrected chi connectivity index (χ3v) is 16.2. The van der Waals surface area contributed by atoms with Crippen LogP contribution in [0.5, 0.6) is 0 Å². The van der Waals surface area contributed by atoms with Crippen LogP contribution in [0.3, 0.4) is 0 Å². The van der Waals surface area contributed by atoms with Gasteiger partial charge in [0.25, 0.3) is 0 Å². The molecule has 50 heavy (non-hydrogen) atoms. The fraction of sp³-hybridized carbons (Fsp3) is 0.929. The molecule has 2 aliphatic heterocycles. The highest BCUT2D eigenvalue weighted by Gasteiger charge is 2.73. The maximum atomic E-state index is 14.1. The van der Waals surface area contributed by atoms with E-state index in [0.717, 1.165) is 95.6 Å². The molecule has 4 aliphatic carbocycles. The first kappa shape index (κ1) is 38.8. The number of ether oxygens (including phenoxy) is 1. The van der Waals surface area contributed by atoms with Crippen LogP contribution in [0, 0.1) is 39.9 Å². The highest BCUT2D eigenvalue weighted by molar-refractivity contribution is 5.95. The molecular formula is C42H72N2O6. The van der Waals surface area contributed by atoms with Crippen molar-refractivity contribution in [3.05, 3.63) is 11.6 Å². The standard InChI is InChI=1S/C42H72N2O6/c1-7-9-10-11-18-40-21-13-28(45)25-31(40)32(46)26-30-29(40)14-20-38(5)33(15-22-42(30,38)49)41(48,17-8-2)36-35(50-36)39(6,47)37(3,4)19-12-27-16-23-44-34(43)24-27/h26-29,31,33-36,44-45,47-49H,7-25,43H2,1-6H3/t27?,28-,29-,31-,33-,34?,35-,36+,38-,39-,40+,41+,42+/m0/s1. The Morgan fingerprint density at radius 1 is 0.940 bits per heavy atom. The third kappa shape index (κ3) is 6.30. The second-order valence-electron chi connectivity index (χ2n) is 19.2. The van der Waals surface area contributed by atoms with E-state index in [4.69, 9.17) is 10.5 Å². The Labute approximate surface area is 302 Å². The van der Waals surface area contributed by atoms with Crippen molar-refractivity contribution in [3.63, 3.8) is 0 Å². The quantitative estimate of drug-likeness (QED) is 0.0913. The lowest BCUT2D eigenvalue weighted by Crippen LogP contribution is -2.62. The maximum Gasteiger partial charge on any atom is 0.159 e. The molecule has 0 amide bonds. The first-order chi connectivity index (χ1) is 23.5. The molecule has 0 aromatic rings. The lowest BCUT2D eigenvalue weighted by Gasteiger charge is -2.61. The summed E-state index contributed by atoms with van der Waals surface area (Å²) in [5.74, 6) is 0.336. The first-order valence-electron chi connectivity index (χ1n) is 20.8. The van der Waals surface area contributed by atoms with E-state index < -0.39 is 45.9 Å². The number of nitrogens with two attached hydrogens (primary N) is 1. The van der Waals surface area contributed by atoms with Crippen LogP contribution < -0.4 is 11.1 Å².